The molecule has 1 atom stereocenters. The number of nitrogens with one attached hydrogen (secondary N) is 4. The molecule has 0 bridgehead atoms. The molecular formula is C15H22N4OS2. The highest BCUT2D eigenvalue weighted by atomic mass is 32.1. The maximum absolute atomic E-state index is 5.52. The number of hydrogen-bond donors (Lipinski definition) is 4. The minimum absolute atomic E-state index is 0.250. The average molecular weight is 339 g/mol. The number of anilines is 1. The molecule has 1 aromatic carbocycles. The van der Waals surface area contributed by atoms with Gasteiger partial charge in [0.25, 0.3) is 0 Å². The van der Waals surface area contributed by atoms with Crippen molar-refractivity contribution in [2.75, 3.05) is 18.5 Å². The zero-order valence-corrected chi connectivity index (χ0v) is 14.5. The van der Waals surface area contributed by atoms with Crippen LogP contribution in [0, 0.1) is 13.8 Å². The van der Waals surface area contributed by atoms with E-state index in [1.807, 2.05) is 13.8 Å². The Morgan fingerprint density at radius 1 is 1.23 bits per heavy atom. The lowest BCUT2D eigenvalue weighted by Gasteiger charge is -2.17. The highest BCUT2D eigenvalue weighted by molar-refractivity contribution is 7.80. The first kappa shape index (κ1) is 16.9. The van der Waals surface area contributed by atoms with Crippen molar-refractivity contribution >= 4 is 40.3 Å². The summed E-state index contributed by atoms with van der Waals surface area (Å²) in [7, 11) is 0. The van der Waals surface area contributed by atoms with E-state index in [2.05, 4.69) is 39.7 Å². The van der Waals surface area contributed by atoms with Crippen molar-refractivity contribution in [3.63, 3.8) is 0 Å². The second-order valence-corrected chi connectivity index (χ2v) is 6.18. The summed E-state index contributed by atoms with van der Waals surface area (Å²) < 4.78 is 5.52. The van der Waals surface area contributed by atoms with E-state index >= 15 is 0 Å². The van der Waals surface area contributed by atoms with Crippen molar-refractivity contribution in [3.05, 3.63) is 29.3 Å². The van der Waals surface area contributed by atoms with Gasteiger partial charge in [-0.1, -0.05) is 12.1 Å². The van der Waals surface area contributed by atoms with Crippen molar-refractivity contribution in [2.24, 2.45) is 0 Å². The maximum atomic E-state index is 5.52. The zero-order valence-electron chi connectivity index (χ0n) is 12.9. The Morgan fingerprint density at radius 2 is 2.00 bits per heavy atom. The van der Waals surface area contributed by atoms with Gasteiger partial charge in [-0.3, -0.25) is 10.9 Å². The molecule has 1 aromatic rings. The van der Waals surface area contributed by atoms with Crippen LogP contribution >= 0.6 is 24.4 Å². The van der Waals surface area contributed by atoms with E-state index in [0.717, 1.165) is 30.7 Å². The molecule has 0 unspecified atom stereocenters. The number of rotatable bonds is 3. The predicted molar refractivity (Wildman–Crippen MR) is 98.0 cm³/mol. The molecule has 1 aliphatic heterocycles. The van der Waals surface area contributed by atoms with Crippen molar-refractivity contribution in [1.82, 2.24) is 16.2 Å². The molecular weight excluding hydrogens is 316 g/mol. The van der Waals surface area contributed by atoms with Gasteiger partial charge in [0.1, 0.15) is 0 Å². The van der Waals surface area contributed by atoms with E-state index in [-0.39, 0.29) is 6.10 Å². The molecule has 0 aliphatic carbocycles. The van der Waals surface area contributed by atoms with Crippen LogP contribution in [0.2, 0.25) is 0 Å². The summed E-state index contributed by atoms with van der Waals surface area (Å²) in [4.78, 5) is 0. The standard InChI is InChI=1S/C15H22N4OS2/c1-10-5-6-11(2)13(8-10)17-15(22)19-18-14(21)16-9-12-4-3-7-20-12/h5-6,8,12H,3-4,7,9H2,1-2H3,(H2,16,18,21)(H2,17,19,22)/t12-/m1/s1. The maximum Gasteiger partial charge on any atom is 0.189 e. The van der Waals surface area contributed by atoms with Gasteiger partial charge in [0.05, 0.1) is 6.10 Å². The van der Waals surface area contributed by atoms with Gasteiger partial charge in [-0.2, -0.15) is 0 Å². The third-order valence-corrected chi connectivity index (χ3v) is 3.90. The van der Waals surface area contributed by atoms with Crippen molar-refractivity contribution in [2.45, 2.75) is 32.8 Å². The van der Waals surface area contributed by atoms with Gasteiger partial charge in [0.15, 0.2) is 10.2 Å². The second kappa shape index (κ2) is 8.26. The monoisotopic (exact) mass is 338 g/mol. The quantitative estimate of drug-likeness (QED) is 0.498. The summed E-state index contributed by atoms with van der Waals surface area (Å²) in [6.07, 6.45) is 2.45. The highest BCUT2D eigenvalue weighted by Gasteiger charge is 2.15. The van der Waals surface area contributed by atoms with Crippen molar-refractivity contribution in [3.8, 4) is 0 Å². The largest absolute Gasteiger partial charge is 0.376 e. The first-order chi connectivity index (χ1) is 10.5. The van der Waals surface area contributed by atoms with Crippen molar-refractivity contribution in [1.29, 1.82) is 0 Å². The lowest BCUT2D eigenvalue weighted by atomic mass is 10.1. The molecule has 0 aromatic heterocycles. The number of benzene rings is 1. The smallest absolute Gasteiger partial charge is 0.189 e. The number of hydrogen-bond acceptors (Lipinski definition) is 3. The molecule has 1 aliphatic rings. The first-order valence-corrected chi connectivity index (χ1v) is 8.16. The van der Waals surface area contributed by atoms with E-state index in [4.69, 9.17) is 29.2 Å². The number of aryl methyl sites for hydroxylation is 2. The molecule has 4 N–H and O–H groups in total. The number of thiocarbonyl (C=S) groups is 2. The van der Waals surface area contributed by atoms with E-state index in [1.165, 1.54) is 5.56 Å². The lowest BCUT2D eigenvalue weighted by molar-refractivity contribution is 0.114. The molecule has 120 valence electrons. The van der Waals surface area contributed by atoms with E-state index in [9.17, 15) is 0 Å². The summed E-state index contributed by atoms with van der Waals surface area (Å²) in [6.45, 7) is 5.63. The molecule has 0 amide bonds. The molecule has 1 fully saturated rings. The van der Waals surface area contributed by atoms with Gasteiger partial charge >= 0.3 is 0 Å². The van der Waals surface area contributed by atoms with E-state index < -0.39 is 0 Å². The fourth-order valence-electron chi connectivity index (χ4n) is 2.19. The fraction of sp³-hybridized carbons (Fsp3) is 0.467. The molecule has 0 radical (unpaired) electrons. The lowest BCUT2D eigenvalue weighted by Crippen LogP contribution is -2.49. The van der Waals surface area contributed by atoms with E-state index in [1.54, 1.807) is 0 Å². The molecule has 1 heterocycles. The van der Waals surface area contributed by atoms with Gasteiger partial charge < -0.3 is 15.4 Å². The molecule has 0 spiro atoms. The molecule has 2 rings (SSSR count). The third kappa shape index (κ3) is 5.40. The van der Waals surface area contributed by atoms with Crippen LogP contribution in [-0.2, 0) is 4.74 Å². The Bertz CT molecular complexity index is 544. The second-order valence-electron chi connectivity index (χ2n) is 5.37. The molecule has 7 heteroatoms. The molecule has 22 heavy (non-hydrogen) atoms. The van der Waals surface area contributed by atoms with Crippen LogP contribution in [0.4, 0.5) is 5.69 Å². The van der Waals surface area contributed by atoms with Crippen LogP contribution in [0.3, 0.4) is 0 Å². The van der Waals surface area contributed by atoms with Crippen LogP contribution in [-0.4, -0.2) is 29.5 Å². The van der Waals surface area contributed by atoms with Crippen LogP contribution in [0.15, 0.2) is 18.2 Å². The highest BCUT2D eigenvalue weighted by Crippen LogP contribution is 2.15. The summed E-state index contributed by atoms with van der Waals surface area (Å²) >= 11 is 10.4. The Hall–Kier alpha value is -1.44. The first-order valence-electron chi connectivity index (χ1n) is 7.34. The average Bonchev–Trinajstić information content (AvgIpc) is 3.00. The molecule has 5 nitrogen and oxygen atoms in total. The van der Waals surface area contributed by atoms with Gasteiger partial charge in [0, 0.05) is 18.8 Å². The Balaban J connectivity index is 1.70. The Labute approximate surface area is 142 Å². The van der Waals surface area contributed by atoms with Crippen molar-refractivity contribution < 1.29 is 4.74 Å². The van der Waals surface area contributed by atoms with Gasteiger partial charge in [-0.25, -0.2) is 0 Å². The van der Waals surface area contributed by atoms with Crippen LogP contribution in [0.1, 0.15) is 24.0 Å². The van der Waals surface area contributed by atoms with Crippen LogP contribution in [0.5, 0.6) is 0 Å². The minimum atomic E-state index is 0.250. The fourth-order valence-corrected chi connectivity index (χ4v) is 2.49. The normalized spacial score (nSPS) is 16.9. The van der Waals surface area contributed by atoms with Gasteiger partial charge in [-0.15, -0.1) is 0 Å². The minimum Gasteiger partial charge on any atom is -0.376 e. The Kier molecular flexibility index (Phi) is 6.35. The number of ether oxygens (including phenoxy) is 1. The summed E-state index contributed by atoms with van der Waals surface area (Å²) in [5.74, 6) is 0. The number of hydrazine groups is 1. The summed E-state index contributed by atoms with van der Waals surface area (Å²) in [6, 6.07) is 6.18. The van der Waals surface area contributed by atoms with Crippen LogP contribution in [0.25, 0.3) is 0 Å². The summed E-state index contributed by atoms with van der Waals surface area (Å²) in [5, 5.41) is 7.23. The molecule has 1 saturated heterocycles. The SMILES string of the molecule is Cc1ccc(C)c(NC(=S)NNC(=S)NC[C@H]2CCCO2)c1. The third-order valence-electron chi connectivity index (χ3n) is 3.45. The Morgan fingerprint density at radius 3 is 2.73 bits per heavy atom. The zero-order chi connectivity index (χ0) is 15.9. The predicted octanol–water partition coefficient (Wildman–Crippen LogP) is 2.15. The van der Waals surface area contributed by atoms with E-state index in [0.29, 0.717) is 16.8 Å². The molecule has 0 saturated carbocycles. The topological polar surface area (TPSA) is 57.3 Å². The summed E-state index contributed by atoms with van der Waals surface area (Å²) in [5.41, 5.74) is 9.05. The van der Waals surface area contributed by atoms with Gasteiger partial charge in [-0.05, 0) is 68.3 Å². The van der Waals surface area contributed by atoms with Gasteiger partial charge in [0.2, 0.25) is 0 Å². The van der Waals surface area contributed by atoms with Crippen LogP contribution < -0.4 is 21.5 Å².